The van der Waals surface area contributed by atoms with E-state index in [1.807, 2.05) is 0 Å². The molecule has 0 saturated carbocycles. The van der Waals surface area contributed by atoms with Gasteiger partial charge in [0.15, 0.2) is 0 Å². The van der Waals surface area contributed by atoms with Gasteiger partial charge in [0.1, 0.15) is 0 Å². The van der Waals surface area contributed by atoms with Crippen molar-refractivity contribution < 1.29 is 0 Å². The molecule has 0 unspecified atom stereocenters. The number of anilines is 3. The first-order valence-electron chi connectivity index (χ1n) is 16.7. The fraction of sp³-hybridized carbons (Fsp3) is 0. The van der Waals surface area contributed by atoms with Crippen LogP contribution in [0.15, 0.2) is 182 Å². The topological polar surface area (TPSA) is 8.17 Å². The third-order valence-corrected chi connectivity index (χ3v) is 12.2. The van der Waals surface area contributed by atoms with Crippen LogP contribution in [0.25, 0.3) is 68.7 Å². The zero-order chi connectivity index (χ0) is 32.3. The predicted octanol–water partition coefficient (Wildman–Crippen LogP) is 12.4. The summed E-state index contributed by atoms with van der Waals surface area (Å²) >= 11 is 0.273. The van der Waals surface area contributed by atoms with E-state index in [-0.39, 0.29) is 14.5 Å². The van der Waals surface area contributed by atoms with Crippen LogP contribution in [0.5, 0.6) is 0 Å². The number of para-hydroxylation sites is 2. The van der Waals surface area contributed by atoms with Crippen molar-refractivity contribution in [3.05, 3.63) is 182 Å². The van der Waals surface area contributed by atoms with E-state index >= 15 is 0 Å². The van der Waals surface area contributed by atoms with Crippen LogP contribution in [-0.4, -0.2) is 19.1 Å². The fourth-order valence-electron chi connectivity index (χ4n) is 7.52. The Morgan fingerprint density at radius 3 is 1.86 bits per heavy atom. The van der Waals surface area contributed by atoms with E-state index < -0.39 is 0 Å². The van der Waals surface area contributed by atoms with Gasteiger partial charge >= 0.3 is 286 Å². The van der Waals surface area contributed by atoms with Gasteiger partial charge in [-0.15, -0.1) is 0 Å². The number of nitrogens with zero attached hydrogens (tertiary/aromatic N) is 2. The molecule has 0 fully saturated rings. The first kappa shape index (κ1) is 28.2. The Labute approximate surface area is 290 Å². The van der Waals surface area contributed by atoms with Crippen LogP contribution in [0.4, 0.5) is 17.1 Å². The summed E-state index contributed by atoms with van der Waals surface area (Å²) in [6.45, 7) is 0. The fourth-order valence-corrected chi connectivity index (χ4v) is 9.91. The van der Waals surface area contributed by atoms with Gasteiger partial charge in [-0.2, -0.15) is 0 Å². The number of aromatic nitrogens is 1. The predicted molar refractivity (Wildman–Crippen MR) is 210 cm³/mol. The van der Waals surface area contributed by atoms with Crippen LogP contribution < -0.4 is 4.90 Å². The molecule has 0 amide bonds. The summed E-state index contributed by atoms with van der Waals surface area (Å²) in [5, 5.41) is 7.79. The molecule has 0 aliphatic rings. The summed E-state index contributed by atoms with van der Waals surface area (Å²) < 4.78 is 5.29. The first-order valence-corrected chi connectivity index (χ1v) is 18.4. The molecule has 0 N–H and O–H groups in total. The minimum atomic E-state index is 0.273. The third-order valence-electron chi connectivity index (χ3n) is 9.78. The summed E-state index contributed by atoms with van der Waals surface area (Å²) in [4.78, 5) is 2.43. The van der Waals surface area contributed by atoms with Gasteiger partial charge in [0.2, 0.25) is 0 Å². The van der Waals surface area contributed by atoms with Crippen LogP contribution in [0.3, 0.4) is 0 Å². The maximum absolute atomic E-state index is 2.43. The van der Waals surface area contributed by atoms with Crippen molar-refractivity contribution in [3.8, 4) is 16.8 Å². The summed E-state index contributed by atoms with van der Waals surface area (Å²) in [5.74, 6) is 0. The Morgan fingerprint density at radius 1 is 0.388 bits per heavy atom. The molecule has 0 radical (unpaired) electrons. The van der Waals surface area contributed by atoms with Crippen molar-refractivity contribution in [2.45, 2.75) is 0 Å². The molecule has 2 heterocycles. The number of fused-ring (bicyclic) bond motifs is 7. The number of hydrogen-bond donors (Lipinski definition) is 0. The molecule has 8 aromatic carbocycles. The van der Waals surface area contributed by atoms with E-state index in [1.165, 1.54) is 68.7 Å². The van der Waals surface area contributed by atoms with Crippen LogP contribution >= 0.6 is 0 Å². The summed E-state index contributed by atoms with van der Waals surface area (Å²) in [6, 6.07) is 66.7. The van der Waals surface area contributed by atoms with Gasteiger partial charge in [-0.3, -0.25) is 0 Å². The van der Waals surface area contributed by atoms with Crippen LogP contribution in [0.1, 0.15) is 0 Å². The van der Waals surface area contributed by atoms with E-state index in [2.05, 4.69) is 191 Å². The Hall–Kier alpha value is -5.86. The molecule has 10 rings (SSSR count). The second kappa shape index (κ2) is 11.4. The van der Waals surface area contributed by atoms with E-state index in [0.29, 0.717) is 0 Å². The first-order chi connectivity index (χ1) is 24.3. The number of benzene rings is 8. The Balaban J connectivity index is 1.18. The Bertz CT molecular complexity index is 2820. The van der Waals surface area contributed by atoms with Gasteiger partial charge in [0.25, 0.3) is 0 Å². The molecule has 0 aliphatic heterocycles. The summed E-state index contributed by atoms with van der Waals surface area (Å²) in [5.41, 5.74) is 9.48. The van der Waals surface area contributed by atoms with Crippen molar-refractivity contribution >= 4 is 83.4 Å². The van der Waals surface area contributed by atoms with Crippen molar-refractivity contribution in [2.75, 3.05) is 4.90 Å². The third kappa shape index (κ3) is 4.63. The van der Waals surface area contributed by atoms with Crippen LogP contribution in [-0.2, 0) is 0 Å². The van der Waals surface area contributed by atoms with E-state index in [9.17, 15) is 0 Å². The quantitative estimate of drug-likeness (QED) is 0.163. The second-order valence-corrected chi connectivity index (χ2v) is 14.9. The molecule has 2 nitrogen and oxygen atoms in total. The SMILES string of the molecule is c1ccc(-n2c3ccccc3c3ccc(N(c4ccc(-c5cccc6ccccc56)cc4)c4ccc5c(c4)[se]c4ccccc45)cc32)cc1. The van der Waals surface area contributed by atoms with Gasteiger partial charge in [0, 0.05) is 0 Å². The molecule has 0 aliphatic carbocycles. The molecule has 0 bridgehead atoms. The van der Waals surface area contributed by atoms with Crippen molar-refractivity contribution in [3.63, 3.8) is 0 Å². The molecule has 2 aromatic heterocycles. The monoisotopic (exact) mass is 690 g/mol. The molecule has 0 atom stereocenters. The summed E-state index contributed by atoms with van der Waals surface area (Å²) in [6.07, 6.45) is 0. The molecule has 49 heavy (non-hydrogen) atoms. The standard InChI is InChI=1S/C46H30N2Se/c1-2-13-33(14-3-1)48-43-19-8-6-16-39(43)40-27-25-35(29-44(40)48)47(36-26-28-42-41-17-7-9-20-45(41)49-46(42)30-36)34-23-21-32(22-24-34)38-18-10-12-31-11-4-5-15-37(31)38/h1-30H. The van der Waals surface area contributed by atoms with E-state index in [4.69, 9.17) is 0 Å². The van der Waals surface area contributed by atoms with Crippen LogP contribution in [0, 0.1) is 0 Å². The van der Waals surface area contributed by atoms with Gasteiger partial charge < -0.3 is 0 Å². The van der Waals surface area contributed by atoms with Crippen LogP contribution in [0.2, 0.25) is 0 Å². The molecule has 0 spiro atoms. The molecule has 230 valence electrons. The molecular weight excluding hydrogens is 659 g/mol. The van der Waals surface area contributed by atoms with Crippen molar-refractivity contribution in [1.82, 2.24) is 4.57 Å². The second-order valence-electron chi connectivity index (χ2n) is 12.6. The van der Waals surface area contributed by atoms with Gasteiger partial charge in [-0.05, 0) is 0 Å². The average molecular weight is 690 g/mol. The van der Waals surface area contributed by atoms with E-state index in [1.54, 1.807) is 0 Å². The zero-order valence-corrected chi connectivity index (χ0v) is 28.3. The zero-order valence-electron chi connectivity index (χ0n) is 26.6. The molecule has 0 saturated heterocycles. The average Bonchev–Trinajstić information content (AvgIpc) is 3.70. The maximum atomic E-state index is 2.43. The van der Waals surface area contributed by atoms with Crippen molar-refractivity contribution in [2.24, 2.45) is 0 Å². The molecule has 10 aromatic rings. The number of rotatable bonds is 5. The normalized spacial score (nSPS) is 11.7. The Kier molecular flexibility index (Phi) is 6.55. The molecule has 3 heteroatoms. The van der Waals surface area contributed by atoms with E-state index in [0.717, 1.165) is 17.1 Å². The van der Waals surface area contributed by atoms with Gasteiger partial charge in [-0.25, -0.2) is 0 Å². The molecular formula is C46H30N2Se. The summed E-state index contributed by atoms with van der Waals surface area (Å²) in [7, 11) is 0. The van der Waals surface area contributed by atoms with Gasteiger partial charge in [0.05, 0.1) is 0 Å². The minimum absolute atomic E-state index is 0.273. The Morgan fingerprint density at radius 2 is 1.00 bits per heavy atom. The van der Waals surface area contributed by atoms with Crippen molar-refractivity contribution in [1.29, 1.82) is 0 Å². The van der Waals surface area contributed by atoms with Gasteiger partial charge in [-0.1, -0.05) is 6.07 Å². The number of hydrogen-bond acceptors (Lipinski definition) is 1.